The summed E-state index contributed by atoms with van der Waals surface area (Å²) in [5.41, 5.74) is 3.34. The summed E-state index contributed by atoms with van der Waals surface area (Å²) in [5, 5.41) is 4.32. The molecule has 1 saturated heterocycles. The lowest BCUT2D eigenvalue weighted by molar-refractivity contribution is 0.276. The molecule has 0 radical (unpaired) electrons. The van der Waals surface area contributed by atoms with Crippen LogP contribution in [-0.4, -0.2) is 13.1 Å². The molecule has 13 heavy (non-hydrogen) atoms. The largest absolute Gasteiger partial charge is 0.315 e. The molecule has 0 amide bonds. The Morgan fingerprint density at radius 1 is 1.31 bits per heavy atom. The third-order valence-electron chi connectivity index (χ3n) is 3.47. The van der Waals surface area contributed by atoms with Gasteiger partial charge in [-0.25, -0.2) is 0 Å². The third kappa shape index (κ3) is 0.918. The number of nitrogens with one attached hydrogen (secondary N) is 1. The number of rotatable bonds is 0. The zero-order valence-electron chi connectivity index (χ0n) is 7.44. The SMILES string of the molecule is Clc1cccc2c1CCC21CNC1. The first-order valence-corrected chi connectivity index (χ1v) is 5.18. The summed E-state index contributed by atoms with van der Waals surface area (Å²) in [6.07, 6.45) is 2.44. The molecule has 68 valence electrons. The van der Waals surface area contributed by atoms with Crippen LogP contribution in [-0.2, 0) is 11.8 Å². The van der Waals surface area contributed by atoms with Crippen LogP contribution in [0.3, 0.4) is 0 Å². The van der Waals surface area contributed by atoms with Crippen molar-refractivity contribution in [1.82, 2.24) is 5.32 Å². The van der Waals surface area contributed by atoms with Gasteiger partial charge in [-0.2, -0.15) is 0 Å². The highest BCUT2D eigenvalue weighted by molar-refractivity contribution is 6.31. The van der Waals surface area contributed by atoms with Crippen molar-refractivity contribution in [3.05, 3.63) is 34.3 Å². The van der Waals surface area contributed by atoms with Crippen molar-refractivity contribution in [2.75, 3.05) is 13.1 Å². The minimum atomic E-state index is 0.445. The summed E-state index contributed by atoms with van der Waals surface area (Å²) < 4.78 is 0. The molecule has 1 aromatic rings. The zero-order valence-corrected chi connectivity index (χ0v) is 8.19. The highest BCUT2D eigenvalue weighted by Crippen LogP contribution is 2.43. The number of benzene rings is 1. The van der Waals surface area contributed by atoms with E-state index in [1.54, 1.807) is 0 Å². The Labute approximate surface area is 83.1 Å². The summed E-state index contributed by atoms with van der Waals surface area (Å²) in [4.78, 5) is 0. The molecule has 0 saturated carbocycles. The van der Waals surface area contributed by atoms with Crippen molar-refractivity contribution in [3.8, 4) is 0 Å². The van der Waals surface area contributed by atoms with Crippen LogP contribution in [0.1, 0.15) is 17.5 Å². The highest BCUT2D eigenvalue weighted by atomic mass is 35.5. The second-order valence-corrected chi connectivity index (χ2v) is 4.56. The van der Waals surface area contributed by atoms with E-state index in [1.165, 1.54) is 17.5 Å². The monoisotopic (exact) mass is 193 g/mol. The second-order valence-electron chi connectivity index (χ2n) is 4.15. The van der Waals surface area contributed by atoms with Crippen molar-refractivity contribution in [3.63, 3.8) is 0 Å². The van der Waals surface area contributed by atoms with Crippen LogP contribution in [0.2, 0.25) is 5.02 Å². The van der Waals surface area contributed by atoms with Gasteiger partial charge in [0.05, 0.1) is 0 Å². The van der Waals surface area contributed by atoms with Gasteiger partial charge in [0.1, 0.15) is 0 Å². The maximum atomic E-state index is 6.16. The van der Waals surface area contributed by atoms with Crippen LogP contribution in [0.25, 0.3) is 0 Å². The van der Waals surface area contributed by atoms with E-state index in [9.17, 15) is 0 Å². The van der Waals surface area contributed by atoms with Gasteiger partial charge in [0, 0.05) is 23.5 Å². The quantitative estimate of drug-likeness (QED) is 0.666. The predicted molar refractivity (Wildman–Crippen MR) is 54.3 cm³/mol. The number of fused-ring (bicyclic) bond motifs is 2. The number of hydrogen-bond acceptors (Lipinski definition) is 1. The molecule has 1 N–H and O–H groups in total. The Morgan fingerprint density at radius 3 is 2.85 bits per heavy atom. The minimum Gasteiger partial charge on any atom is -0.315 e. The summed E-state index contributed by atoms with van der Waals surface area (Å²) in [5.74, 6) is 0. The van der Waals surface area contributed by atoms with Gasteiger partial charge in [-0.05, 0) is 30.0 Å². The number of halogens is 1. The van der Waals surface area contributed by atoms with Gasteiger partial charge in [-0.15, -0.1) is 0 Å². The molecule has 1 aliphatic heterocycles. The molecule has 1 aromatic carbocycles. The van der Waals surface area contributed by atoms with E-state index in [-0.39, 0.29) is 0 Å². The summed E-state index contributed by atoms with van der Waals surface area (Å²) >= 11 is 6.16. The van der Waals surface area contributed by atoms with Gasteiger partial charge in [-0.1, -0.05) is 23.7 Å². The van der Waals surface area contributed by atoms with E-state index < -0.39 is 0 Å². The fourth-order valence-electron chi connectivity index (χ4n) is 2.60. The van der Waals surface area contributed by atoms with E-state index in [0.29, 0.717) is 5.41 Å². The average Bonchev–Trinajstić information content (AvgIpc) is 2.44. The van der Waals surface area contributed by atoms with Crippen LogP contribution >= 0.6 is 11.6 Å². The van der Waals surface area contributed by atoms with Crippen molar-refractivity contribution in [1.29, 1.82) is 0 Å². The molecule has 1 nitrogen and oxygen atoms in total. The molecule has 2 aliphatic rings. The van der Waals surface area contributed by atoms with Crippen LogP contribution < -0.4 is 5.32 Å². The van der Waals surface area contributed by atoms with Gasteiger partial charge in [0.25, 0.3) is 0 Å². The van der Waals surface area contributed by atoms with Crippen molar-refractivity contribution in [2.45, 2.75) is 18.3 Å². The Balaban J connectivity index is 2.16. The molecule has 0 aromatic heterocycles. The number of hydrogen-bond donors (Lipinski definition) is 1. The molecule has 0 atom stereocenters. The van der Waals surface area contributed by atoms with E-state index in [1.807, 2.05) is 6.07 Å². The first-order chi connectivity index (χ1) is 6.32. The smallest absolute Gasteiger partial charge is 0.0440 e. The predicted octanol–water partition coefficient (Wildman–Crippen LogP) is 2.13. The van der Waals surface area contributed by atoms with E-state index in [0.717, 1.165) is 24.5 Å². The molecule has 1 fully saturated rings. The standard InChI is InChI=1S/C11H12ClN/c12-10-3-1-2-9-8(10)4-5-11(9)6-13-7-11/h1-3,13H,4-7H2. The minimum absolute atomic E-state index is 0.445. The molecule has 1 heterocycles. The third-order valence-corrected chi connectivity index (χ3v) is 3.82. The van der Waals surface area contributed by atoms with Gasteiger partial charge in [-0.3, -0.25) is 0 Å². The van der Waals surface area contributed by atoms with Crippen LogP contribution in [0.4, 0.5) is 0 Å². The topological polar surface area (TPSA) is 12.0 Å². The fourth-order valence-corrected chi connectivity index (χ4v) is 2.87. The zero-order chi connectivity index (χ0) is 8.89. The van der Waals surface area contributed by atoms with Crippen LogP contribution in [0, 0.1) is 0 Å². The van der Waals surface area contributed by atoms with E-state index >= 15 is 0 Å². The van der Waals surface area contributed by atoms with Crippen molar-refractivity contribution >= 4 is 11.6 Å². The van der Waals surface area contributed by atoms with Crippen LogP contribution in [0.15, 0.2) is 18.2 Å². The Morgan fingerprint density at radius 2 is 2.15 bits per heavy atom. The lowest BCUT2D eigenvalue weighted by atomic mass is 9.76. The highest BCUT2D eigenvalue weighted by Gasteiger charge is 2.43. The van der Waals surface area contributed by atoms with Gasteiger partial charge >= 0.3 is 0 Å². The van der Waals surface area contributed by atoms with Gasteiger partial charge in [0.2, 0.25) is 0 Å². The maximum Gasteiger partial charge on any atom is 0.0440 e. The lowest BCUT2D eigenvalue weighted by Gasteiger charge is -2.40. The second kappa shape index (κ2) is 2.49. The van der Waals surface area contributed by atoms with Crippen molar-refractivity contribution in [2.24, 2.45) is 0 Å². The molecule has 0 unspecified atom stereocenters. The average molecular weight is 194 g/mol. The Kier molecular flexibility index (Phi) is 1.50. The normalized spacial score (nSPS) is 22.8. The summed E-state index contributed by atoms with van der Waals surface area (Å²) in [7, 11) is 0. The Bertz CT molecular complexity index is 355. The molecule has 1 aliphatic carbocycles. The molecular formula is C11H12ClN. The molecule has 3 rings (SSSR count). The summed E-state index contributed by atoms with van der Waals surface area (Å²) in [6.45, 7) is 2.28. The van der Waals surface area contributed by atoms with Crippen LogP contribution in [0.5, 0.6) is 0 Å². The molecule has 1 spiro atoms. The molecule has 2 heteroatoms. The van der Waals surface area contributed by atoms with Gasteiger partial charge in [0.15, 0.2) is 0 Å². The lowest BCUT2D eigenvalue weighted by Crippen LogP contribution is -2.55. The molecular weight excluding hydrogens is 182 g/mol. The first kappa shape index (κ1) is 7.84. The molecule has 0 bridgehead atoms. The Hall–Kier alpha value is -0.530. The van der Waals surface area contributed by atoms with Gasteiger partial charge < -0.3 is 5.32 Å². The van der Waals surface area contributed by atoms with Crippen molar-refractivity contribution < 1.29 is 0 Å². The fraction of sp³-hybridized carbons (Fsp3) is 0.455. The van der Waals surface area contributed by atoms with E-state index in [2.05, 4.69) is 17.4 Å². The van der Waals surface area contributed by atoms with E-state index in [4.69, 9.17) is 11.6 Å². The maximum absolute atomic E-state index is 6.16. The first-order valence-electron chi connectivity index (χ1n) is 4.80. The summed E-state index contributed by atoms with van der Waals surface area (Å²) in [6, 6.07) is 6.33.